The molecule has 1 fully saturated rings. The lowest BCUT2D eigenvalue weighted by molar-refractivity contribution is -0.153. The average molecular weight is 357 g/mol. The molecule has 1 aromatic carbocycles. The van der Waals surface area contributed by atoms with E-state index in [1.54, 1.807) is 18.2 Å². The third-order valence-corrected chi connectivity index (χ3v) is 3.86. The molecule has 0 aliphatic carbocycles. The fraction of sp³-hybridized carbons (Fsp3) is 0.267. The van der Waals surface area contributed by atoms with Crippen LogP contribution in [0.3, 0.4) is 0 Å². The zero-order chi connectivity index (χ0) is 17.0. The van der Waals surface area contributed by atoms with Crippen molar-refractivity contribution in [1.82, 2.24) is 10.2 Å². The maximum atomic E-state index is 12.0. The number of rotatable bonds is 4. The first-order chi connectivity index (χ1) is 10.9. The summed E-state index contributed by atoms with van der Waals surface area (Å²) in [6.07, 6.45) is 1.61. The summed E-state index contributed by atoms with van der Waals surface area (Å²) in [6, 6.07) is 4.40. The molecule has 1 saturated heterocycles. The minimum Gasteiger partial charge on any atom is -0.449 e. The SMILES string of the molecule is CC(OC(=O)/C=C/c1ccc(Cl)c(Cl)c1)C(=O)N1CCNC1=O. The third kappa shape index (κ3) is 4.46. The lowest BCUT2D eigenvalue weighted by Crippen LogP contribution is -2.41. The molecule has 1 unspecified atom stereocenters. The number of imide groups is 1. The van der Waals surface area contributed by atoms with E-state index in [0.717, 1.165) is 4.90 Å². The van der Waals surface area contributed by atoms with E-state index in [9.17, 15) is 14.4 Å². The zero-order valence-corrected chi connectivity index (χ0v) is 13.7. The van der Waals surface area contributed by atoms with Gasteiger partial charge in [-0.25, -0.2) is 9.59 Å². The molecule has 3 amide bonds. The van der Waals surface area contributed by atoms with Crippen molar-refractivity contribution in [3.63, 3.8) is 0 Å². The van der Waals surface area contributed by atoms with Crippen molar-refractivity contribution in [2.75, 3.05) is 13.1 Å². The number of hydrogen-bond acceptors (Lipinski definition) is 4. The maximum Gasteiger partial charge on any atom is 0.331 e. The summed E-state index contributed by atoms with van der Waals surface area (Å²) >= 11 is 11.7. The molecule has 6 nitrogen and oxygen atoms in total. The van der Waals surface area contributed by atoms with Gasteiger partial charge in [0.15, 0.2) is 6.10 Å². The van der Waals surface area contributed by atoms with Gasteiger partial charge >= 0.3 is 12.0 Å². The van der Waals surface area contributed by atoms with E-state index in [1.807, 2.05) is 0 Å². The van der Waals surface area contributed by atoms with Crippen molar-refractivity contribution in [3.05, 3.63) is 39.9 Å². The van der Waals surface area contributed by atoms with Gasteiger partial charge in [0, 0.05) is 19.2 Å². The average Bonchev–Trinajstić information content (AvgIpc) is 2.93. The van der Waals surface area contributed by atoms with Crippen molar-refractivity contribution in [2.24, 2.45) is 0 Å². The highest BCUT2D eigenvalue weighted by Crippen LogP contribution is 2.23. The number of nitrogens with one attached hydrogen (secondary N) is 1. The van der Waals surface area contributed by atoms with Crippen molar-refractivity contribution in [2.45, 2.75) is 13.0 Å². The van der Waals surface area contributed by atoms with Crippen LogP contribution in [0.1, 0.15) is 12.5 Å². The zero-order valence-electron chi connectivity index (χ0n) is 12.2. The number of carbonyl (C=O) groups excluding carboxylic acids is 3. The van der Waals surface area contributed by atoms with Crippen LogP contribution in [0.4, 0.5) is 4.79 Å². The topological polar surface area (TPSA) is 75.7 Å². The molecule has 1 aliphatic heterocycles. The molecule has 23 heavy (non-hydrogen) atoms. The Kier molecular flexibility index (Phi) is 5.63. The summed E-state index contributed by atoms with van der Waals surface area (Å²) < 4.78 is 4.99. The number of nitrogens with zero attached hydrogens (tertiary/aromatic N) is 1. The number of urea groups is 1. The van der Waals surface area contributed by atoms with Crippen molar-refractivity contribution in [3.8, 4) is 0 Å². The number of ether oxygens (including phenoxy) is 1. The van der Waals surface area contributed by atoms with E-state index in [1.165, 1.54) is 19.1 Å². The molecule has 1 aliphatic rings. The Labute approximate surface area is 143 Å². The molecule has 0 bridgehead atoms. The molecule has 0 spiro atoms. The Hall–Kier alpha value is -2.05. The molecule has 1 N–H and O–H groups in total. The first-order valence-electron chi connectivity index (χ1n) is 6.81. The van der Waals surface area contributed by atoms with Crippen LogP contribution in [-0.2, 0) is 14.3 Å². The van der Waals surface area contributed by atoms with Gasteiger partial charge in [0.05, 0.1) is 10.0 Å². The normalized spacial score (nSPS) is 15.6. The summed E-state index contributed by atoms with van der Waals surface area (Å²) in [6.45, 7) is 2.07. The van der Waals surface area contributed by atoms with Gasteiger partial charge in [-0.2, -0.15) is 0 Å². The van der Waals surface area contributed by atoms with Gasteiger partial charge in [0.2, 0.25) is 0 Å². The Morgan fingerprint density at radius 1 is 1.35 bits per heavy atom. The molecule has 1 heterocycles. The summed E-state index contributed by atoms with van der Waals surface area (Å²) in [5.74, 6) is -1.26. The maximum absolute atomic E-state index is 12.0. The summed E-state index contributed by atoms with van der Waals surface area (Å²) in [5, 5.41) is 3.28. The number of esters is 1. The second kappa shape index (κ2) is 7.48. The number of benzene rings is 1. The standard InChI is InChI=1S/C15H14Cl2N2O4/c1-9(14(21)19-7-6-18-15(19)22)23-13(20)5-3-10-2-4-11(16)12(17)8-10/h2-5,8-9H,6-7H2,1H3,(H,18,22)/b5-3+. The highest BCUT2D eigenvalue weighted by atomic mass is 35.5. The molecule has 122 valence electrons. The van der Waals surface area contributed by atoms with Gasteiger partial charge in [-0.05, 0) is 30.7 Å². The van der Waals surface area contributed by atoms with E-state index >= 15 is 0 Å². The van der Waals surface area contributed by atoms with Crippen LogP contribution in [0.25, 0.3) is 6.08 Å². The van der Waals surface area contributed by atoms with Crippen molar-refractivity contribution >= 4 is 47.2 Å². The largest absolute Gasteiger partial charge is 0.449 e. The summed E-state index contributed by atoms with van der Waals surface area (Å²) in [5.41, 5.74) is 0.661. The highest BCUT2D eigenvalue weighted by molar-refractivity contribution is 6.42. The van der Waals surface area contributed by atoms with E-state index in [0.29, 0.717) is 22.2 Å². The van der Waals surface area contributed by atoms with E-state index < -0.39 is 24.0 Å². The molecule has 2 rings (SSSR count). The van der Waals surface area contributed by atoms with Crippen LogP contribution in [0.2, 0.25) is 10.0 Å². The minimum atomic E-state index is -1.05. The molecule has 0 aromatic heterocycles. The van der Waals surface area contributed by atoms with Gasteiger partial charge < -0.3 is 10.1 Å². The van der Waals surface area contributed by atoms with Crippen molar-refractivity contribution < 1.29 is 19.1 Å². The Morgan fingerprint density at radius 3 is 2.70 bits per heavy atom. The molecule has 1 atom stereocenters. The molecule has 0 saturated carbocycles. The van der Waals surface area contributed by atoms with E-state index in [-0.39, 0.29) is 6.54 Å². The molecular formula is C15H14Cl2N2O4. The van der Waals surface area contributed by atoms with Crippen LogP contribution < -0.4 is 5.32 Å². The first-order valence-corrected chi connectivity index (χ1v) is 7.57. The third-order valence-electron chi connectivity index (χ3n) is 3.12. The van der Waals surface area contributed by atoms with Crippen LogP contribution in [0.15, 0.2) is 24.3 Å². The lowest BCUT2D eigenvalue weighted by atomic mass is 10.2. The number of amides is 3. The van der Waals surface area contributed by atoms with Crippen molar-refractivity contribution in [1.29, 1.82) is 0 Å². The van der Waals surface area contributed by atoms with E-state index in [2.05, 4.69) is 5.32 Å². The van der Waals surface area contributed by atoms with Gasteiger partial charge in [0.1, 0.15) is 0 Å². The smallest absolute Gasteiger partial charge is 0.331 e. The predicted octanol–water partition coefficient (Wildman–Crippen LogP) is 2.49. The Morgan fingerprint density at radius 2 is 2.09 bits per heavy atom. The second-order valence-electron chi connectivity index (χ2n) is 4.81. The fourth-order valence-corrected chi connectivity index (χ4v) is 2.25. The Balaban J connectivity index is 1.93. The van der Waals surface area contributed by atoms with Gasteiger partial charge in [-0.15, -0.1) is 0 Å². The van der Waals surface area contributed by atoms with Gasteiger partial charge in [-0.3, -0.25) is 9.69 Å². The minimum absolute atomic E-state index is 0.263. The quantitative estimate of drug-likeness (QED) is 0.664. The molecular weight excluding hydrogens is 343 g/mol. The number of carbonyl (C=O) groups is 3. The monoisotopic (exact) mass is 356 g/mol. The van der Waals surface area contributed by atoms with Crippen LogP contribution in [0.5, 0.6) is 0 Å². The molecule has 8 heteroatoms. The Bertz CT molecular complexity index is 675. The lowest BCUT2D eigenvalue weighted by Gasteiger charge is -2.17. The number of hydrogen-bond donors (Lipinski definition) is 1. The van der Waals surface area contributed by atoms with Gasteiger partial charge in [-0.1, -0.05) is 29.3 Å². The van der Waals surface area contributed by atoms with Crippen LogP contribution >= 0.6 is 23.2 Å². The van der Waals surface area contributed by atoms with Crippen LogP contribution in [-0.4, -0.2) is 42.0 Å². The molecule has 0 radical (unpaired) electrons. The van der Waals surface area contributed by atoms with Crippen LogP contribution in [0, 0.1) is 0 Å². The molecule has 1 aromatic rings. The van der Waals surface area contributed by atoms with Gasteiger partial charge in [0.25, 0.3) is 5.91 Å². The fourth-order valence-electron chi connectivity index (χ4n) is 1.95. The number of halogens is 2. The van der Waals surface area contributed by atoms with E-state index in [4.69, 9.17) is 27.9 Å². The predicted molar refractivity (Wildman–Crippen MR) is 86.2 cm³/mol. The summed E-state index contributed by atoms with van der Waals surface area (Å²) in [7, 11) is 0. The second-order valence-corrected chi connectivity index (χ2v) is 5.62. The highest BCUT2D eigenvalue weighted by Gasteiger charge is 2.31. The first kappa shape index (κ1) is 17.3. The summed E-state index contributed by atoms with van der Waals surface area (Å²) in [4.78, 5) is 36.1.